The fraction of sp³-hybridized carbons (Fsp3) is 0.708. The minimum atomic E-state index is 0.0482. The van der Waals surface area contributed by atoms with Crippen LogP contribution >= 0.6 is 0 Å². The third-order valence-electron chi connectivity index (χ3n) is 6.61. The molecule has 6 heteroatoms. The van der Waals surface area contributed by atoms with Gasteiger partial charge in [-0.1, -0.05) is 6.92 Å². The first-order valence-electron chi connectivity index (χ1n) is 11.5. The van der Waals surface area contributed by atoms with Crippen molar-refractivity contribution in [3.8, 4) is 11.5 Å². The van der Waals surface area contributed by atoms with Gasteiger partial charge >= 0.3 is 0 Å². The van der Waals surface area contributed by atoms with Gasteiger partial charge < -0.3 is 24.2 Å². The Bertz CT molecular complexity index is 701. The van der Waals surface area contributed by atoms with Crippen LogP contribution in [-0.2, 0) is 0 Å². The van der Waals surface area contributed by atoms with E-state index in [0.717, 1.165) is 58.5 Å². The Morgan fingerprint density at radius 3 is 2.50 bits per heavy atom. The second-order valence-electron chi connectivity index (χ2n) is 9.05. The monoisotopic (exact) mass is 417 g/mol. The predicted octanol–water partition coefficient (Wildman–Crippen LogP) is 3.36. The normalized spacial score (nSPS) is 21.2. The minimum Gasteiger partial charge on any atom is -0.493 e. The maximum absolute atomic E-state index is 13.1. The zero-order valence-electron chi connectivity index (χ0n) is 19.4. The van der Waals surface area contributed by atoms with E-state index in [1.807, 2.05) is 30.1 Å². The number of carbonyl (C=O) groups excluding carboxylic acids is 1. The number of hydrogen-bond acceptors (Lipinski definition) is 5. The molecule has 1 aromatic carbocycles. The van der Waals surface area contributed by atoms with Crippen molar-refractivity contribution in [2.75, 3.05) is 53.4 Å². The molecule has 2 heterocycles. The topological polar surface area (TPSA) is 45.3 Å². The van der Waals surface area contributed by atoms with Crippen LogP contribution in [0.1, 0.15) is 50.4 Å². The molecule has 2 aliphatic heterocycles. The van der Waals surface area contributed by atoms with Crippen LogP contribution in [0.3, 0.4) is 0 Å². The molecule has 0 N–H and O–H groups in total. The molecule has 6 nitrogen and oxygen atoms in total. The molecule has 0 radical (unpaired) electrons. The number of rotatable bonds is 8. The number of piperidine rings is 1. The number of ether oxygens (including phenoxy) is 2. The van der Waals surface area contributed by atoms with Crippen molar-refractivity contribution in [3.63, 3.8) is 0 Å². The average molecular weight is 418 g/mol. The minimum absolute atomic E-state index is 0.0482. The van der Waals surface area contributed by atoms with Crippen molar-refractivity contribution >= 4 is 5.91 Å². The van der Waals surface area contributed by atoms with Crippen molar-refractivity contribution in [3.05, 3.63) is 23.8 Å². The van der Waals surface area contributed by atoms with Crippen LogP contribution in [0.2, 0.25) is 0 Å². The summed E-state index contributed by atoms with van der Waals surface area (Å²) in [6.45, 7) is 12.9. The SMILES string of the molecule is CCN1CCC(CN(C)C(=O)c2ccc(OC)c(OC3CCN(C(C)C)CC3)c2)C1. The quantitative estimate of drug-likeness (QED) is 0.649. The molecule has 0 aliphatic carbocycles. The predicted molar refractivity (Wildman–Crippen MR) is 121 cm³/mol. The Hall–Kier alpha value is -1.79. The average Bonchev–Trinajstić information content (AvgIpc) is 3.21. The molecular weight excluding hydrogens is 378 g/mol. The van der Waals surface area contributed by atoms with Crippen LogP contribution in [0.15, 0.2) is 18.2 Å². The fourth-order valence-electron chi connectivity index (χ4n) is 4.63. The zero-order chi connectivity index (χ0) is 21.7. The van der Waals surface area contributed by atoms with Crippen LogP contribution in [0.5, 0.6) is 11.5 Å². The molecule has 1 atom stereocenters. The van der Waals surface area contributed by atoms with Crippen LogP contribution < -0.4 is 9.47 Å². The van der Waals surface area contributed by atoms with E-state index in [4.69, 9.17) is 9.47 Å². The van der Waals surface area contributed by atoms with Crippen molar-refractivity contribution < 1.29 is 14.3 Å². The van der Waals surface area contributed by atoms with Gasteiger partial charge in [-0.3, -0.25) is 4.79 Å². The standard InChI is InChI=1S/C24H39N3O3/c1-6-26-12-9-19(17-26)16-25(4)24(28)20-7-8-22(29-5)23(15-20)30-21-10-13-27(14-11-21)18(2)3/h7-8,15,18-19,21H,6,9-14,16-17H2,1-5H3. The fourth-order valence-corrected chi connectivity index (χ4v) is 4.63. The van der Waals surface area contributed by atoms with Gasteiger partial charge in [0.05, 0.1) is 7.11 Å². The van der Waals surface area contributed by atoms with E-state index < -0.39 is 0 Å². The van der Waals surface area contributed by atoms with Gasteiger partial charge in [-0.15, -0.1) is 0 Å². The van der Waals surface area contributed by atoms with E-state index in [2.05, 4.69) is 30.6 Å². The number of hydrogen-bond donors (Lipinski definition) is 0. The van der Waals surface area contributed by atoms with E-state index in [1.165, 1.54) is 0 Å². The van der Waals surface area contributed by atoms with Gasteiger partial charge in [0.1, 0.15) is 6.10 Å². The Kier molecular flexibility index (Phi) is 8.00. The molecule has 2 fully saturated rings. The number of methoxy groups -OCH3 is 1. The van der Waals surface area contributed by atoms with Crippen LogP contribution in [0.25, 0.3) is 0 Å². The Morgan fingerprint density at radius 2 is 1.90 bits per heavy atom. The smallest absolute Gasteiger partial charge is 0.253 e. The van der Waals surface area contributed by atoms with Crippen molar-refractivity contribution in [2.24, 2.45) is 5.92 Å². The van der Waals surface area contributed by atoms with E-state index in [0.29, 0.717) is 29.0 Å². The zero-order valence-corrected chi connectivity index (χ0v) is 19.4. The highest BCUT2D eigenvalue weighted by Gasteiger charge is 2.26. The van der Waals surface area contributed by atoms with E-state index >= 15 is 0 Å². The lowest BCUT2D eigenvalue weighted by Crippen LogP contribution is -2.41. The van der Waals surface area contributed by atoms with Crippen LogP contribution in [0, 0.1) is 5.92 Å². The Balaban J connectivity index is 1.62. The third kappa shape index (κ3) is 5.67. The molecule has 0 bridgehead atoms. The largest absolute Gasteiger partial charge is 0.493 e. The molecule has 0 saturated carbocycles. The molecule has 30 heavy (non-hydrogen) atoms. The van der Waals surface area contributed by atoms with Gasteiger partial charge in [-0.2, -0.15) is 0 Å². The van der Waals surface area contributed by atoms with Gasteiger partial charge in [-0.05, 0) is 70.3 Å². The molecule has 0 spiro atoms. The van der Waals surface area contributed by atoms with E-state index in [1.54, 1.807) is 7.11 Å². The van der Waals surface area contributed by atoms with Crippen LogP contribution in [-0.4, -0.2) is 86.2 Å². The number of benzene rings is 1. The third-order valence-corrected chi connectivity index (χ3v) is 6.61. The maximum Gasteiger partial charge on any atom is 0.253 e. The van der Waals surface area contributed by atoms with Gasteiger partial charge in [0.25, 0.3) is 5.91 Å². The molecule has 3 rings (SSSR count). The molecule has 1 amide bonds. The lowest BCUT2D eigenvalue weighted by Gasteiger charge is -2.34. The number of likely N-dealkylation sites (tertiary alicyclic amines) is 2. The van der Waals surface area contributed by atoms with Gasteiger partial charge in [0.15, 0.2) is 11.5 Å². The van der Waals surface area contributed by atoms with Gasteiger partial charge in [-0.25, -0.2) is 0 Å². The first kappa shape index (κ1) is 22.9. The molecule has 2 aliphatic rings. The summed E-state index contributed by atoms with van der Waals surface area (Å²) in [5, 5.41) is 0. The highest BCUT2D eigenvalue weighted by Crippen LogP contribution is 2.31. The number of amides is 1. The van der Waals surface area contributed by atoms with Gasteiger partial charge in [0.2, 0.25) is 0 Å². The van der Waals surface area contributed by atoms with Crippen molar-refractivity contribution in [1.82, 2.24) is 14.7 Å². The molecular formula is C24H39N3O3. The lowest BCUT2D eigenvalue weighted by molar-refractivity contribution is 0.0763. The Labute approximate surface area is 182 Å². The van der Waals surface area contributed by atoms with Crippen LogP contribution in [0.4, 0.5) is 0 Å². The van der Waals surface area contributed by atoms with Crippen molar-refractivity contribution in [2.45, 2.75) is 52.2 Å². The molecule has 1 unspecified atom stereocenters. The van der Waals surface area contributed by atoms with Gasteiger partial charge in [0, 0.05) is 44.8 Å². The first-order chi connectivity index (χ1) is 14.4. The Morgan fingerprint density at radius 1 is 1.17 bits per heavy atom. The summed E-state index contributed by atoms with van der Waals surface area (Å²) < 4.78 is 11.8. The van der Waals surface area contributed by atoms with E-state index in [-0.39, 0.29) is 12.0 Å². The summed E-state index contributed by atoms with van der Waals surface area (Å²) in [6.07, 6.45) is 3.32. The highest BCUT2D eigenvalue weighted by molar-refractivity contribution is 5.94. The molecule has 168 valence electrons. The second-order valence-corrected chi connectivity index (χ2v) is 9.05. The van der Waals surface area contributed by atoms with Crippen molar-refractivity contribution in [1.29, 1.82) is 0 Å². The summed E-state index contributed by atoms with van der Waals surface area (Å²) in [4.78, 5) is 19.8. The summed E-state index contributed by atoms with van der Waals surface area (Å²) in [7, 11) is 3.56. The molecule has 0 aromatic heterocycles. The molecule has 2 saturated heterocycles. The highest BCUT2D eigenvalue weighted by atomic mass is 16.5. The lowest BCUT2D eigenvalue weighted by atomic mass is 10.1. The summed E-state index contributed by atoms with van der Waals surface area (Å²) in [5.74, 6) is 1.97. The maximum atomic E-state index is 13.1. The molecule has 1 aromatic rings. The second kappa shape index (κ2) is 10.5. The first-order valence-corrected chi connectivity index (χ1v) is 11.5. The number of nitrogens with zero attached hydrogens (tertiary/aromatic N) is 3. The van der Waals surface area contributed by atoms with E-state index in [9.17, 15) is 4.79 Å². The summed E-state index contributed by atoms with van der Waals surface area (Å²) >= 11 is 0. The summed E-state index contributed by atoms with van der Waals surface area (Å²) in [6, 6.07) is 6.13. The number of carbonyl (C=O) groups is 1. The summed E-state index contributed by atoms with van der Waals surface area (Å²) in [5.41, 5.74) is 0.665.